The van der Waals surface area contributed by atoms with Crippen molar-refractivity contribution >= 4 is 44.0 Å². The quantitative estimate of drug-likeness (QED) is 0.713. The van der Waals surface area contributed by atoms with E-state index in [1.165, 1.54) is 24.5 Å². The third kappa shape index (κ3) is 4.38. The van der Waals surface area contributed by atoms with Gasteiger partial charge in [0.1, 0.15) is 0 Å². The zero-order valence-electron chi connectivity index (χ0n) is 12.6. The molecule has 0 saturated carbocycles. The van der Waals surface area contributed by atoms with Gasteiger partial charge in [0.15, 0.2) is 0 Å². The third-order valence-corrected chi connectivity index (χ3v) is 5.57. The molecule has 0 radical (unpaired) electrons. The van der Waals surface area contributed by atoms with Crippen LogP contribution >= 0.6 is 23.1 Å². The summed E-state index contributed by atoms with van der Waals surface area (Å²) in [6.45, 7) is 0. The molecule has 0 unspecified atom stereocenters. The molecule has 0 aliphatic heterocycles. The second-order valence-electron chi connectivity index (χ2n) is 4.96. The second-order valence-corrected chi connectivity index (χ2v) is 8.03. The van der Waals surface area contributed by atoms with E-state index in [2.05, 4.69) is 19.7 Å². The lowest BCUT2D eigenvalue weighted by Gasteiger charge is -2.01. The van der Waals surface area contributed by atoms with Crippen molar-refractivity contribution in [3.63, 3.8) is 0 Å². The maximum Gasteiger partial charge on any atom is 0.261 e. The number of hydrogen-bond donors (Lipinski definition) is 1. The second kappa shape index (κ2) is 7.26. The molecule has 0 spiro atoms. The van der Waals surface area contributed by atoms with Gasteiger partial charge in [0.05, 0.1) is 5.75 Å². The molecular weight excluding hydrogens is 384 g/mol. The minimum absolute atomic E-state index is 0.108. The van der Waals surface area contributed by atoms with Crippen LogP contribution in [0.1, 0.15) is 15.9 Å². The highest BCUT2D eigenvalue weighted by atomic mass is 35.5. The maximum absolute atomic E-state index is 12.4. The molecule has 10 heteroatoms. The minimum Gasteiger partial charge on any atom is -0.297 e. The van der Waals surface area contributed by atoms with Crippen molar-refractivity contribution in [3.8, 4) is 0 Å². The van der Waals surface area contributed by atoms with E-state index in [0.29, 0.717) is 16.1 Å². The number of amides is 1. The molecule has 128 valence electrons. The number of pyridine rings is 1. The third-order valence-electron chi connectivity index (χ3n) is 3.12. The van der Waals surface area contributed by atoms with Gasteiger partial charge in [0.2, 0.25) is 15.0 Å². The predicted molar refractivity (Wildman–Crippen MR) is 94.4 cm³/mol. The largest absolute Gasteiger partial charge is 0.297 e. The molecule has 3 aromatic rings. The van der Waals surface area contributed by atoms with E-state index < -0.39 is 15.7 Å². The highest BCUT2D eigenvalue weighted by molar-refractivity contribution is 7.90. The van der Waals surface area contributed by atoms with Crippen LogP contribution in [-0.2, 0) is 15.6 Å². The molecule has 0 aliphatic carbocycles. The molecule has 7 nitrogen and oxygen atoms in total. The molecule has 0 aliphatic rings. The highest BCUT2D eigenvalue weighted by Crippen LogP contribution is 2.20. The van der Waals surface area contributed by atoms with E-state index in [9.17, 15) is 13.2 Å². The fraction of sp³-hybridized carbons (Fsp3) is 0.0667. The zero-order chi connectivity index (χ0) is 17.9. The smallest absolute Gasteiger partial charge is 0.261 e. The van der Waals surface area contributed by atoms with Gasteiger partial charge in [-0.3, -0.25) is 15.1 Å². The Morgan fingerprint density at radius 2 is 1.80 bits per heavy atom. The zero-order valence-corrected chi connectivity index (χ0v) is 15.0. The molecule has 1 aromatic carbocycles. The Morgan fingerprint density at radius 1 is 1.12 bits per heavy atom. The number of benzene rings is 1. The first kappa shape index (κ1) is 17.5. The van der Waals surface area contributed by atoms with Gasteiger partial charge in [0, 0.05) is 34.5 Å². The van der Waals surface area contributed by atoms with Gasteiger partial charge >= 0.3 is 0 Å². The van der Waals surface area contributed by atoms with Crippen LogP contribution in [0.5, 0.6) is 0 Å². The Bertz CT molecular complexity index is 989. The summed E-state index contributed by atoms with van der Waals surface area (Å²) in [4.78, 5) is 19.8. The van der Waals surface area contributed by atoms with Crippen molar-refractivity contribution in [2.45, 2.75) is 10.9 Å². The predicted octanol–water partition coefficient (Wildman–Crippen LogP) is 2.81. The van der Waals surface area contributed by atoms with Crippen LogP contribution < -0.4 is 5.32 Å². The van der Waals surface area contributed by atoms with Gasteiger partial charge < -0.3 is 0 Å². The number of sulfone groups is 1. The summed E-state index contributed by atoms with van der Waals surface area (Å²) in [6, 6.07) is 9.54. The number of anilines is 1. The number of carbonyl (C=O) groups excluding carboxylic acids is 1. The summed E-state index contributed by atoms with van der Waals surface area (Å²) >= 11 is 6.59. The Hall–Kier alpha value is -2.36. The van der Waals surface area contributed by atoms with Crippen LogP contribution in [0, 0.1) is 0 Å². The Morgan fingerprint density at radius 3 is 2.48 bits per heavy atom. The number of nitrogens with one attached hydrogen (secondary N) is 1. The molecule has 0 bridgehead atoms. The SMILES string of the molecule is O=C(Nc1nc(S(=O)(=O)Cc2ccc(Cl)cc2)ns1)c1ccncc1. The van der Waals surface area contributed by atoms with Crippen LogP contribution in [-0.4, -0.2) is 28.7 Å². The van der Waals surface area contributed by atoms with Crippen molar-refractivity contribution in [2.24, 2.45) is 0 Å². The molecular formula is C15H11ClN4O3S2. The Kier molecular flexibility index (Phi) is 5.07. The van der Waals surface area contributed by atoms with Gasteiger partial charge in [0.25, 0.3) is 11.1 Å². The number of carbonyl (C=O) groups is 1. The molecule has 25 heavy (non-hydrogen) atoms. The molecule has 0 atom stereocenters. The van der Waals surface area contributed by atoms with Crippen molar-refractivity contribution in [2.75, 3.05) is 5.32 Å². The summed E-state index contributed by atoms with van der Waals surface area (Å²) in [5.41, 5.74) is 0.956. The molecule has 2 heterocycles. The summed E-state index contributed by atoms with van der Waals surface area (Å²) < 4.78 is 28.6. The molecule has 1 amide bonds. The number of nitrogens with zero attached hydrogens (tertiary/aromatic N) is 3. The van der Waals surface area contributed by atoms with Crippen molar-refractivity contribution in [3.05, 3.63) is 64.9 Å². The average Bonchev–Trinajstić information content (AvgIpc) is 3.07. The fourth-order valence-electron chi connectivity index (χ4n) is 1.92. The topological polar surface area (TPSA) is 102 Å². The first-order valence-electron chi connectivity index (χ1n) is 6.96. The van der Waals surface area contributed by atoms with E-state index in [1.54, 1.807) is 24.3 Å². The van der Waals surface area contributed by atoms with Crippen molar-refractivity contribution < 1.29 is 13.2 Å². The summed E-state index contributed by atoms with van der Waals surface area (Å²) in [5, 5.41) is 2.83. The molecule has 0 fully saturated rings. The summed E-state index contributed by atoms with van der Waals surface area (Å²) in [6.07, 6.45) is 2.97. The van der Waals surface area contributed by atoms with Crippen LogP contribution in [0.3, 0.4) is 0 Å². The highest BCUT2D eigenvalue weighted by Gasteiger charge is 2.22. The first-order valence-corrected chi connectivity index (χ1v) is 9.77. The van der Waals surface area contributed by atoms with E-state index in [-0.39, 0.29) is 16.0 Å². The maximum atomic E-state index is 12.4. The average molecular weight is 395 g/mol. The van der Waals surface area contributed by atoms with Crippen LogP contribution in [0.15, 0.2) is 53.9 Å². The lowest BCUT2D eigenvalue weighted by Crippen LogP contribution is -2.12. The lowest BCUT2D eigenvalue weighted by atomic mass is 10.2. The van der Waals surface area contributed by atoms with E-state index in [4.69, 9.17) is 11.6 Å². The number of rotatable bonds is 5. The Balaban J connectivity index is 1.74. The normalized spacial score (nSPS) is 11.2. The molecule has 2 aromatic heterocycles. The standard InChI is InChI=1S/C15H11ClN4O3S2/c16-12-3-1-10(2-4-12)9-25(22,23)15-19-14(24-20-15)18-13(21)11-5-7-17-8-6-11/h1-8H,9H2,(H,18,19,20,21). The summed E-state index contributed by atoms with van der Waals surface area (Å²) in [7, 11) is -3.72. The van der Waals surface area contributed by atoms with E-state index >= 15 is 0 Å². The minimum atomic E-state index is -3.72. The Labute approximate surface area is 152 Å². The number of aromatic nitrogens is 3. The summed E-state index contributed by atoms with van der Waals surface area (Å²) in [5.74, 6) is -0.668. The molecule has 0 saturated heterocycles. The van der Waals surface area contributed by atoms with Gasteiger partial charge in [-0.05, 0) is 29.8 Å². The van der Waals surface area contributed by atoms with Gasteiger partial charge in [-0.25, -0.2) is 8.42 Å². The first-order chi connectivity index (χ1) is 11.9. The van der Waals surface area contributed by atoms with Crippen molar-refractivity contribution in [1.29, 1.82) is 0 Å². The van der Waals surface area contributed by atoms with Gasteiger partial charge in [-0.15, -0.1) is 0 Å². The van der Waals surface area contributed by atoms with E-state index in [0.717, 1.165) is 11.5 Å². The monoisotopic (exact) mass is 394 g/mol. The number of halogens is 1. The fourth-order valence-corrected chi connectivity index (χ4v) is 4.14. The van der Waals surface area contributed by atoms with Gasteiger partial charge in [-0.1, -0.05) is 23.7 Å². The molecule has 3 rings (SSSR count). The van der Waals surface area contributed by atoms with Crippen molar-refractivity contribution in [1.82, 2.24) is 14.3 Å². The number of hydrogen-bond acceptors (Lipinski definition) is 7. The van der Waals surface area contributed by atoms with Gasteiger partial charge in [-0.2, -0.15) is 9.36 Å². The molecule has 1 N–H and O–H groups in total. The van der Waals surface area contributed by atoms with Crippen LogP contribution in [0.4, 0.5) is 5.13 Å². The van der Waals surface area contributed by atoms with E-state index in [1.807, 2.05) is 0 Å². The van der Waals surface area contributed by atoms with Crippen LogP contribution in [0.25, 0.3) is 0 Å². The lowest BCUT2D eigenvalue weighted by molar-refractivity contribution is 0.102. The van der Waals surface area contributed by atoms with Crippen LogP contribution in [0.2, 0.25) is 5.02 Å².